The first-order chi connectivity index (χ1) is 15.8. The molecule has 0 saturated heterocycles. The molecule has 0 atom stereocenters. The van der Waals surface area contributed by atoms with Gasteiger partial charge in [0.2, 0.25) is 0 Å². The van der Waals surface area contributed by atoms with Crippen LogP contribution in [0.25, 0.3) is 27.3 Å². The van der Waals surface area contributed by atoms with E-state index in [1.165, 1.54) is 38.4 Å². The van der Waals surface area contributed by atoms with Gasteiger partial charge in [-0.2, -0.15) is 0 Å². The molecule has 3 aromatic carbocycles. The highest BCUT2D eigenvalue weighted by atomic mass is 15.0. The molecule has 0 fully saturated rings. The quantitative estimate of drug-likeness (QED) is 0.281. The van der Waals surface area contributed by atoms with Gasteiger partial charge in [0.25, 0.3) is 0 Å². The number of hydrogen-bond acceptors (Lipinski definition) is 2. The van der Waals surface area contributed by atoms with E-state index in [-0.39, 0.29) is 0 Å². The van der Waals surface area contributed by atoms with Crippen LogP contribution in [0.2, 0.25) is 0 Å². The number of fused-ring (bicyclic) bond motifs is 9. The Morgan fingerprint density at radius 1 is 0.531 bits per heavy atom. The normalized spacial score (nSPS) is 13.2. The number of nitrogens with zero attached hydrogens (tertiary/aromatic N) is 3. The molecule has 1 aliphatic rings. The van der Waals surface area contributed by atoms with Crippen LogP contribution >= 0.6 is 0 Å². The van der Waals surface area contributed by atoms with Crippen molar-refractivity contribution >= 4 is 27.3 Å². The molecule has 8 bridgehead atoms. The molecule has 0 saturated carbocycles. The van der Waals surface area contributed by atoms with Crippen molar-refractivity contribution in [1.82, 2.24) is 14.4 Å². The lowest BCUT2D eigenvalue weighted by atomic mass is 10.0. The highest BCUT2D eigenvalue weighted by Crippen LogP contribution is 2.31. The first kappa shape index (κ1) is 17.7. The van der Waals surface area contributed by atoms with Crippen LogP contribution in [-0.2, 0) is 19.3 Å². The maximum atomic E-state index is 5.13. The van der Waals surface area contributed by atoms with Gasteiger partial charge < -0.3 is 0 Å². The number of aromatic nitrogens is 3. The third-order valence-corrected chi connectivity index (χ3v) is 6.55. The minimum absolute atomic E-state index is 0.816. The molecular formula is C29H21N3. The fraction of sp³-hybridized carbons (Fsp3) is 0.103. The molecular weight excluding hydrogens is 390 g/mol. The highest BCUT2D eigenvalue weighted by Gasteiger charge is 2.14. The van der Waals surface area contributed by atoms with E-state index in [1.807, 2.05) is 0 Å². The van der Waals surface area contributed by atoms with E-state index in [0.29, 0.717) is 0 Å². The molecule has 1 aliphatic heterocycles. The maximum absolute atomic E-state index is 5.13. The van der Waals surface area contributed by atoms with Gasteiger partial charge in [-0.3, -0.25) is 9.38 Å². The van der Waals surface area contributed by atoms with Gasteiger partial charge in [-0.25, -0.2) is 4.98 Å². The third-order valence-electron chi connectivity index (χ3n) is 6.55. The Labute approximate surface area is 186 Å². The van der Waals surface area contributed by atoms with E-state index in [9.17, 15) is 0 Å². The summed E-state index contributed by atoms with van der Waals surface area (Å²) in [7, 11) is 0. The van der Waals surface area contributed by atoms with Crippen LogP contribution in [-0.4, -0.2) is 14.4 Å². The van der Waals surface area contributed by atoms with E-state index in [4.69, 9.17) is 9.97 Å². The van der Waals surface area contributed by atoms with Crippen LogP contribution in [0.1, 0.15) is 33.8 Å². The molecule has 3 nitrogen and oxygen atoms in total. The smallest absolute Gasteiger partial charge is 0.145 e. The maximum Gasteiger partial charge on any atom is 0.145 e. The predicted octanol–water partition coefficient (Wildman–Crippen LogP) is 6.12. The minimum atomic E-state index is 0.816. The molecule has 0 aliphatic carbocycles. The van der Waals surface area contributed by atoms with Crippen LogP contribution in [0.15, 0.2) is 91.1 Å². The number of benzene rings is 3. The Morgan fingerprint density at radius 3 is 2.09 bits per heavy atom. The van der Waals surface area contributed by atoms with Gasteiger partial charge in [-0.05, 0) is 46.3 Å². The summed E-state index contributed by atoms with van der Waals surface area (Å²) in [6.45, 7) is 0. The van der Waals surface area contributed by atoms with Gasteiger partial charge in [0, 0.05) is 47.6 Å². The number of rotatable bonds is 0. The van der Waals surface area contributed by atoms with Crippen molar-refractivity contribution in [3.63, 3.8) is 0 Å². The summed E-state index contributed by atoms with van der Waals surface area (Å²) in [5, 5.41) is 3.71. The summed E-state index contributed by atoms with van der Waals surface area (Å²) in [5.74, 6) is 0. The van der Waals surface area contributed by atoms with Crippen LogP contribution in [0.3, 0.4) is 0 Å². The molecule has 4 heterocycles. The summed E-state index contributed by atoms with van der Waals surface area (Å²) >= 11 is 0. The molecule has 0 radical (unpaired) electrons. The topological polar surface area (TPSA) is 30.2 Å². The molecule has 7 rings (SSSR count). The second-order valence-electron chi connectivity index (χ2n) is 8.79. The van der Waals surface area contributed by atoms with Crippen LogP contribution < -0.4 is 0 Å². The van der Waals surface area contributed by atoms with Crippen molar-refractivity contribution in [1.29, 1.82) is 0 Å². The predicted molar refractivity (Wildman–Crippen MR) is 129 cm³/mol. The summed E-state index contributed by atoms with van der Waals surface area (Å²) in [6.07, 6.45) is 4.69. The van der Waals surface area contributed by atoms with Crippen molar-refractivity contribution < 1.29 is 0 Å². The van der Waals surface area contributed by atoms with Gasteiger partial charge >= 0.3 is 0 Å². The average molecular weight is 412 g/mol. The van der Waals surface area contributed by atoms with Crippen molar-refractivity contribution in [2.24, 2.45) is 0 Å². The SMILES string of the molecule is c1cc2cc(c1)Cc1cn3c4ccccc4c4ccc(cc4c3n1)Cc1cccc(n1)C2. The van der Waals surface area contributed by atoms with Gasteiger partial charge in [-0.1, -0.05) is 60.7 Å². The largest absolute Gasteiger partial charge is 0.299 e. The van der Waals surface area contributed by atoms with E-state index in [0.717, 1.165) is 42.0 Å². The van der Waals surface area contributed by atoms with Crippen molar-refractivity contribution in [2.45, 2.75) is 19.3 Å². The molecule has 3 heteroatoms. The van der Waals surface area contributed by atoms with Crippen LogP contribution in [0.4, 0.5) is 0 Å². The van der Waals surface area contributed by atoms with E-state index < -0.39 is 0 Å². The Morgan fingerprint density at radius 2 is 1.25 bits per heavy atom. The molecule has 0 N–H and O–H groups in total. The summed E-state index contributed by atoms with van der Waals surface area (Å²) in [5.41, 5.74) is 9.39. The lowest BCUT2D eigenvalue weighted by molar-refractivity contribution is 0.990. The molecule has 0 spiro atoms. The highest BCUT2D eigenvalue weighted by molar-refractivity contribution is 6.11. The van der Waals surface area contributed by atoms with Gasteiger partial charge in [0.1, 0.15) is 5.65 Å². The number of imidazole rings is 1. The van der Waals surface area contributed by atoms with Crippen LogP contribution in [0.5, 0.6) is 0 Å². The molecule has 0 unspecified atom stereocenters. The third kappa shape index (κ3) is 2.82. The zero-order chi connectivity index (χ0) is 21.1. The Hall–Kier alpha value is -3.98. The fourth-order valence-corrected chi connectivity index (χ4v) is 5.12. The first-order valence-corrected chi connectivity index (χ1v) is 11.1. The molecule has 32 heavy (non-hydrogen) atoms. The Bertz CT molecular complexity index is 1660. The summed E-state index contributed by atoms with van der Waals surface area (Å²) in [6, 6.07) is 30.7. The lowest BCUT2D eigenvalue weighted by Crippen LogP contribution is -1.99. The van der Waals surface area contributed by atoms with E-state index in [2.05, 4.69) is 95.5 Å². The van der Waals surface area contributed by atoms with Gasteiger partial charge in [-0.15, -0.1) is 0 Å². The Kier molecular flexibility index (Phi) is 3.73. The molecule has 152 valence electrons. The molecule has 3 aromatic heterocycles. The van der Waals surface area contributed by atoms with E-state index >= 15 is 0 Å². The van der Waals surface area contributed by atoms with Crippen LogP contribution in [0, 0.1) is 0 Å². The van der Waals surface area contributed by atoms with E-state index in [1.54, 1.807) is 0 Å². The van der Waals surface area contributed by atoms with Crippen molar-refractivity contribution in [3.8, 4) is 0 Å². The Balaban J connectivity index is 1.56. The number of hydrogen-bond donors (Lipinski definition) is 0. The standard InChI is InChI=1S/C29H21N3/c1-2-10-28-26(9-1)25-12-11-21-15-23-8-4-7-22(30-23)14-19-5-3-6-20(13-19)16-24-18-32(28)29(31-24)27(25)17-21/h1-13,17-18H,14-16H2. The minimum Gasteiger partial charge on any atom is -0.299 e. The fourth-order valence-electron chi connectivity index (χ4n) is 5.12. The second kappa shape index (κ2) is 6.76. The zero-order valence-corrected chi connectivity index (χ0v) is 17.6. The van der Waals surface area contributed by atoms with Crippen molar-refractivity contribution in [3.05, 3.63) is 125 Å². The summed E-state index contributed by atoms with van der Waals surface area (Å²) < 4.78 is 2.27. The van der Waals surface area contributed by atoms with Gasteiger partial charge in [0.15, 0.2) is 0 Å². The van der Waals surface area contributed by atoms with Crippen molar-refractivity contribution in [2.75, 3.05) is 0 Å². The van der Waals surface area contributed by atoms with Gasteiger partial charge in [0.05, 0.1) is 11.2 Å². The molecule has 6 aromatic rings. The first-order valence-electron chi connectivity index (χ1n) is 11.1. The second-order valence-corrected chi connectivity index (χ2v) is 8.79. The molecule has 0 amide bonds. The number of pyridine rings is 2. The zero-order valence-electron chi connectivity index (χ0n) is 17.6. The monoisotopic (exact) mass is 411 g/mol. The lowest BCUT2D eigenvalue weighted by Gasteiger charge is -2.10. The summed E-state index contributed by atoms with van der Waals surface area (Å²) in [4.78, 5) is 10.1. The average Bonchev–Trinajstić information content (AvgIpc) is 3.23. The number of para-hydroxylation sites is 1.